The first-order valence-corrected chi connectivity index (χ1v) is 16.7. The normalized spacial score (nSPS) is 31.1. The van der Waals surface area contributed by atoms with Crippen LogP contribution in [0, 0.1) is 0 Å². The van der Waals surface area contributed by atoms with Crippen LogP contribution < -0.4 is 88.7 Å². The molecular formula is C12H41Na3O26Sb2. The van der Waals surface area contributed by atoms with E-state index in [1.54, 1.807) is 0 Å². The number of aliphatic hydroxyl groups is 6. The maximum atomic E-state index is 12.9. The van der Waals surface area contributed by atoms with E-state index in [0.29, 0.717) is 0 Å². The van der Waals surface area contributed by atoms with E-state index in [9.17, 15) is 36.1 Å². The topological polar surface area (TPSA) is 560 Å². The predicted molar refractivity (Wildman–Crippen MR) is 123 cm³/mol. The zero-order chi connectivity index (χ0) is 23.7. The number of hydrogen-bond acceptors (Lipinski definition) is 15. The largest absolute Gasteiger partial charge is 1.00 e. The minimum absolute atomic E-state index is 0. The average molecular weight is 914 g/mol. The van der Waals surface area contributed by atoms with Crippen LogP contribution in [0.15, 0.2) is 0 Å². The van der Waals surface area contributed by atoms with Crippen molar-refractivity contribution >= 4 is 52.0 Å². The average Bonchev–Trinajstić information content (AvgIpc) is 2.69. The number of carboxylic acids is 2. The number of aliphatic hydroxyl groups excluding tert-OH is 6. The smallest absolute Gasteiger partial charge is 1.00 e. The summed E-state index contributed by atoms with van der Waals surface area (Å²) in [7, 11) is 0. The van der Waals surface area contributed by atoms with Gasteiger partial charge in [-0.3, -0.25) is 0 Å². The Kier molecular flexibility index (Phi) is 55.6. The van der Waals surface area contributed by atoms with Gasteiger partial charge in [0.15, 0.2) is 0 Å². The van der Waals surface area contributed by atoms with Gasteiger partial charge >= 0.3 is 273 Å². The Balaban J connectivity index is -0.0000000569. The molecule has 0 aliphatic carbocycles. The van der Waals surface area contributed by atoms with E-state index in [1.807, 2.05) is 0 Å². The molecule has 0 radical (unpaired) electrons. The van der Waals surface area contributed by atoms with Crippen molar-refractivity contribution < 1.29 is 212 Å². The summed E-state index contributed by atoms with van der Waals surface area (Å²) in [4.78, 5) is 22.6. The number of carboxylic acid groups (broad SMARTS) is 2. The standard InChI is InChI=1S/2C6H10O7.3Na.9H2O.3O.2Sb.3H/c2*7-1-2(8)3(9)4(10)5(11)6(12)13;;;;;;;;;;;;;;;;;;;;/h2*2-5,7-8,10H,1H2,(H,12,13);;;;9*1H2;;;;;;;;/q2*-2;3*+1;;;;;;;;;;;;;2*+2;3*-1. The van der Waals surface area contributed by atoms with Crippen LogP contribution in [-0.2, 0) is 29.0 Å². The van der Waals surface area contributed by atoms with E-state index in [-0.39, 0.29) is 142 Å². The molecule has 0 spiro atoms. The van der Waals surface area contributed by atoms with Crippen molar-refractivity contribution in [3.8, 4) is 0 Å². The zero-order valence-corrected chi connectivity index (χ0v) is 33.8. The van der Waals surface area contributed by atoms with Gasteiger partial charge in [-0.15, -0.1) is 0 Å². The van der Waals surface area contributed by atoms with E-state index in [1.165, 1.54) is 0 Å². The van der Waals surface area contributed by atoms with Crippen LogP contribution in [0.4, 0.5) is 0 Å². The number of hydrogen-bond donors (Lipinski definition) is 8. The Bertz CT molecular complexity index is 748. The minimum atomic E-state index is -6.51. The van der Waals surface area contributed by atoms with Gasteiger partial charge in [-0.1, -0.05) is 0 Å². The van der Waals surface area contributed by atoms with E-state index in [4.69, 9.17) is 26.5 Å². The van der Waals surface area contributed by atoms with Gasteiger partial charge < -0.3 is 53.6 Å². The van der Waals surface area contributed by atoms with Crippen LogP contribution in [0.3, 0.4) is 0 Å². The molecule has 258 valence electrons. The molecule has 2 saturated heterocycles. The fourth-order valence-electron chi connectivity index (χ4n) is 2.61. The van der Waals surface area contributed by atoms with Crippen LogP contribution in [0.2, 0.25) is 0 Å². The van der Waals surface area contributed by atoms with Gasteiger partial charge in [-0.2, -0.15) is 0 Å². The second-order valence-corrected chi connectivity index (χ2v) is 17.4. The molecule has 2 heterocycles. The fourth-order valence-corrected chi connectivity index (χ4v) is 17.7. The number of carbonyl (C=O) groups is 2. The molecule has 8 unspecified atom stereocenters. The van der Waals surface area contributed by atoms with Crippen molar-refractivity contribution in [3.05, 3.63) is 0 Å². The van der Waals surface area contributed by atoms with Crippen molar-refractivity contribution in [3.63, 3.8) is 0 Å². The van der Waals surface area contributed by atoms with Crippen LogP contribution in [0.25, 0.3) is 0 Å². The van der Waals surface area contributed by atoms with Gasteiger partial charge in [-0.05, 0) is 0 Å². The molecule has 0 aromatic heterocycles. The summed E-state index contributed by atoms with van der Waals surface area (Å²) >= 11 is -13.0. The van der Waals surface area contributed by atoms with E-state index < -0.39 is 114 Å². The van der Waals surface area contributed by atoms with Crippen molar-refractivity contribution in [2.24, 2.45) is 0 Å². The summed E-state index contributed by atoms with van der Waals surface area (Å²) in [6, 6.07) is 0. The van der Waals surface area contributed by atoms with E-state index >= 15 is 0 Å². The summed E-state index contributed by atoms with van der Waals surface area (Å²) in [5, 5.41) is 75.6. The monoisotopic (exact) mass is 912 g/mol. The molecule has 0 aromatic rings. The van der Waals surface area contributed by atoms with Gasteiger partial charge in [0.05, 0.1) is 0 Å². The summed E-state index contributed by atoms with van der Waals surface area (Å²) in [5.41, 5.74) is 0. The maximum Gasteiger partial charge on any atom is 1.00 e. The second-order valence-electron chi connectivity index (χ2n) is 6.33. The first-order chi connectivity index (χ1) is 14.3. The molecule has 2 aliphatic heterocycles. The third-order valence-corrected chi connectivity index (χ3v) is 18.5. The Morgan fingerprint density at radius 1 is 0.628 bits per heavy atom. The van der Waals surface area contributed by atoms with Crippen LogP contribution in [0.1, 0.15) is 4.28 Å². The molecule has 26 N–H and O–H groups in total. The third-order valence-electron chi connectivity index (χ3n) is 4.10. The van der Waals surface area contributed by atoms with Gasteiger partial charge in [0, 0.05) is 0 Å². The molecule has 31 heteroatoms. The zero-order valence-electron chi connectivity index (χ0n) is 25.7. The second kappa shape index (κ2) is 31.6. The van der Waals surface area contributed by atoms with Gasteiger partial charge in [0.2, 0.25) is 0 Å². The third kappa shape index (κ3) is 19.2. The van der Waals surface area contributed by atoms with Crippen LogP contribution >= 0.6 is 0 Å². The Labute approximate surface area is 322 Å². The van der Waals surface area contributed by atoms with Crippen molar-refractivity contribution in [1.82, 2.24) is 0 Å². The quantitative estimate of drug-likeness (QED) is 0.105. The van der Waals surface area contributed by atoms with E-state index in [0.717, 1.165) is 0 Å². The van der Waals surface area contributed by atoms with Crippen molar-refractivity contribution in [2.45, 2.75) is 48.8 Å². The van der Waals surface area contributed by atoms with Crippen LogP contribution in [-0.4, -0.2) is 204 Å². The Morgan fingerprint density at radius 2 is 0.860 bits per heavy atom. The van der Waals surface area contributed by atoms with Gasteiger partial charge in [0.1, 0.15) is 0 Å². The molecule has 0 amide bonds. The molecule has 2 fully saturated rings. The molecule has 0 aromatic carbocycles. The van der Waals surface area contributed by atoms with Crippen LogP contribution in [0.5, 0.6) is 0 Å². The maximum absolute atomic E-state index is 12.9. The number of aliphatic carboxylic acids is 2. The Hall–Kier alpha value is 2.38. The molecule has 8 atom stereocenters. The molecular weight excluding hydrogens is 873 g/mol. The summed E-state index contributed by atoms with van der Waals surface area (Å²) in [5.74, 6) is -3.81. The first-order valence-electron chi connectivity index (χ1n) is 8.32. The summed E-state index contributed by atoms with van der Waals surface area (Å²) in [6.45, 7) is -2.19. The molecule has 43 heavy (non-hydrogen) atoms. The summed E-state index contributed by atoms with van der Waals surface area (Å²) < 4.78 is 49.3. The molecule has 2 aliphatic rings. The molecule has 26 nitrogen and oxygen atoms in total. The van der Waals surface area contributed by atoms with Gasteiger partial charge in [0.25, 0.3) is 0 Å². The van der Waals surface area contributed by atoms with Crippen molar-refractivity contribution in [2.75, 3.05) is 13.2 Å². The van der Waals surface area contributed by atoms with Crippen molar-refractivity contribution in [1.29, 1.82) is 0 Å². The molecule has 2 rings (SSSR count). The summed E-state index contributed by atoms with van der Waals surface area (Å²) in [6.07, 6.45) is -17.1. The first kappa shape index (κ1) is 75.6. The fraction of sp³-hybridized carbons (Fsp3) is 0.833. The predicted octanol–water partition coefficient (Wildman–Crippen LogP) is -22.2. The SMILES string of the molecule is O.O.O.O.O.O.O.O.O.O=C(O)C1[O][Sb](=[O])([O][Sb]2(=[O])[O]C(C(=O)O)C(O)C(C(O)CO)[O]2)[O]C(C(O)CO)C1O.[H-].[H-].[H-].[Na+].[Na+].[Na+]. The van der Waals surface area contributed by atoms with E-state index in [2.05, 4.69) is 7.32 Å². The minimum Gasteiger partial charge on any atom is -1.00 e. The van der Waals surface area contributed by atoms with Gasteiger partial charge in [-0.25, -0.2) is 0 Å². The molecule has 0 bridgehead atoms. The molecule has 0 saturated carbocycles. The Morgan fingerprint density at radius 3 is 1.05 bits per heavy atom. The number of rotatable bonds is 8.